The molecular weight excluding hydrogens is 335 g/mol. The molecule has 2 rings (SSSR count). The fourth-order valence-corrected chi connectivity index (χ4v) is 3.03. The van der Waals surface area contributed by atoms with Crippen LogP contribution in [0.3, 0.4) is 0 Å². The molecule has 0 aliphatic carbocycles. The molecule has 2 nitrogen and oxygen atoms in total. The van der Waals surface area contributed by atoms with Crippen molar-refractivity contribution in [1.82, 2.24) is 4.90 Å². The second kappa shape index (κ2) is 6.35. The minimum atomic E-state index is -4.05. The predicted molar refractivity (Wildman–Crippen MR) is 74.8 cm³/mol. The average Bonchev–Trinajstić information content (AvgIpc) is 2.37. The van der Waals surface area contributed by atoms with Gasteiger partial charge in [-0.2, -0.15) is 13.2 Å². The molecule has 0 unspecified atom stereocenters. The van der Waals surface area contributed by atoms with E-state index in [-0.39, 0.29) is 12.8 Å². The maximum absolute atomic E-state index is 12.6. The highest BCUT2D eigenvalue weighted by molar-refractivity contribution is 9.10. The molecule has 112 valence electrons. The molecule has 0 saturated carbocycles. The van der Waals surface area contributed by atoms with E-state index in [2.05, 4.69) is 20.8 Å². The lowest BCUT2D eigenvalue weighted by molar-refractivity contribution is -0.185. The van der Waals surface area contributed by atoms with Gasteiger partial charge in [0.1, 0.15) is 5.75 Å². The minimum Gasteiger partial charge on any atom is -0.497 e. The first-order chi connectivity index (χ1) is 9.38. The number of nitrogens with zero attached hydrogens (tertiary/aromatic N) is 1. The van der Waals surface area contributed by atoms with Crippen LogP contribution in [-0.4, -0.2) is 31.3 Å². The zero-order valence-electron chi connectivity index (χ0n) is 11.2. The summed E-state index contributed by atoms with van der Waals surface area (Å²) in [5.41, 5.74) is 1.04. The Morgan fingerprint density at radius 1 is 1.25 bits per heavy atom. The normalized spacial score (nSPS) is 18.2. The smallest absolute Gasteiger partial charge is 0.391 e. The number of ether oxygens (including phenoxy) is 1. The minimum absolute atomic E-state index is 0.189. The maximum Gasteiger partial charge on any atom is 0.391 e. The van der Waals surface area contributed by atoms with E-state index in [0.717, 1.165) is 15.8 Å². The fraction of sp³-hybridized carbons (Fsp3) is 0.571. The summed E-state index contributed by atoms with van der Waals surface area (Å²) in [5.74, 6) is -0.393. The van der Waals surface area contributed by atoms with Gasteiger partial charge in [0, 0.05) is 11.0 Å². The second-order valence-corrected chi connectivity index (χ2v) is 6.01. The van der Waals surface area contributed by atoms with Crippen molar-refractivity contribution in [3.05, 3.63) is 28.2 Å². The molecule has 6 heteroatoms. The number of likely N-dealkylation sites (tertiary alicyclic amines) is 1. The first-order valence-corrected chi connectivity index (χ1v) is 7.30. The molecule has 0 aromatic heterocycles. The zero-order chi connectivity index (χ0) is 14.8. The van der Waals surface area contributed by atoms with Crippen LogP contribution in [0.2, 0.25) is 0 Å². The zero-order valence-corrected chi connectivity index (χ0v) is 12.8. The molecule has 0 atom stereocenters. The van der Waals surface area contributed by atoms with Crippen molar-refractivity contribution in [1.29, 1.82) is 0 Å². The molecule has 1 saturated heterocycles. The van der Waals surface area contributed by atoms with Crippen molar-refractivity contribution in [3.63, 3.8) is 0 Å². The Bertz CT molecular complexity index is 456. The molecule has 20 heavy (non-hydrogen) atoms. The molecule has 0 bridgehead atoms. The van der Waals surface area contributed by atoms with Crippen LogP contribution < -0.4 is 4.74 Å². The monoisotopic (exact) mass is 351 g/mol. The van der Waals surface area contributed by atoms with Gasteiger partial charge in [0.25, 0.3) is 0 Å². The lowest BCUT2D eigenvalue weighted by Crippen LogP contribution is -2.38. The van der Waals surface area contributed by atoms with E-state index >= 15 is 0 Å². The highest BCUT2D eigenvalue weighted by atomic mass is 79.9. The van der Waals surface area contributed by atoms with Crippen LogP contribution in [0.4, 0.5) is 13.2 Å². The van der Waals surface area contributed by atoms with E-state index in [0.29, 0.717) is 19.6 Å². The third-order valence-electron chi connectivity index (χ3n) is 3.62. The van der Waals surface area contributed by atoms with Gasteiger partial charge in [-0.15, -0.1) is 0 Å². The fourth-order valence-electron chi connectivity index (χ4n) is 2.51. The number of benzene rings is 1. The Morgan fingerprint density at radius 3 is 2.45 bits per heavy atom. The summed E-state index contributed by atoms with van der Waals surface area (Å²) >= 11 is 3.41. The number of rotatable bonds is 3. The van der Waals surface area contributed by atoms with Crippen LogP contribution in [0.1, 0.15) is 18.4 Å². The first kappa shape index (κ1) is 15.6. The quantitative estimate of drug-likeness (QED) is 0.807. The van der Waals surface area contributed by atoms with Crippen molar-refractivity contribution < 1.29 is 17.9 Å². The van der Waals surface area contributed by atoms with E-state index < -0.39 is 12.1 Å². The Hall–Kier alpha value is -0.750. The molecular formula is C14H17BrF3NO. The van der Waals surface area contributed by atoms with Crippen LogP contribution in [0.15, 0.2) is 22.7 Å². The van der Waals surface area contributed by atoms with Crippen LogP contribution in [0.5, 0.6) is 5.75 Å². The summed E-state index contributed by atoms with van der Waals surface area (Å²) in [6, 6.07) is 5.75. The van der Waals surface area contributed by atoms with E-state index in [1.807, 2.05) is 18.2 Å². The van der Waals surface area contributed by atoms with E-state index in [9.17, 15) is 13.2 Å². The highest BCUT2D eigenvalue weighted by Crippen LogP contribution is 2.34. The third-order valence-corrected chi connectivity index (χ3v) is 4.08. The van der Waals surface area contributed by atoms with Crippen molar-refractivity contribution in [2.24, 2.45) is 5.92 Å². The van der Waals surface area contributed by atoms with Crippen molar-refractivity contribution >= 4 is 15.9 Å². The maximum atomic E-state index is 12.6. The molecule has 1 aromatic carbocycles. The summed E-state index contributed by atoms with van der Waals surface area (Å²) in [6.07, 6.45) is -3.67. The van der Waals surface area contributed by atoms with E-state index in [1.165, 1.54) is 0 Å². The number of alkyl halides is 3. The van der Waals surface area contributed by atoms with Gasteiger partial charge in [0.15, 0.2) is 0 Å². The van der Waals surface area contributed by atoms with Crippen LogP contribution in [-0.2, 0) is 6.54 Å². The van der Waals surface area contributed by atoms with Gasteiger partial charge < -0.3 is 4.74 Å². The van der Waals surface area contributed by atoms with Gasteiger partial charge in [-0.3, -0.25) is 4.90 Å². The van der Waals surface area contributed by atoms with E-state index in [4.69, 9.17) is 4.74 Å². The number of methoxy groups -OCH3 is 1. The molecule has 0 amide bonds. The first-order valence-electron chi connectivity index (χ1n) is 6.51. The Kier molecular flexibility index (Phi) is 4.96. The summed E-state index contributed by atoms with van der Waals surface area (Å²) in [5, 5.41) is 0. The number of halogens is 4. The van der Waals surface area contributed by atoms with Crippen LogP contribution in [0.25, 0.3) is 0 Å². The number of piperidine rings is 1. The second-order valence-electron chi connectivity index (χ2n) is 5.09. The topological polar surface area (TPSA) is 12.5 Å². The van der Waals surface area contributed by atoms with Crippen LogP contribution >= 0.6 is 15.9 Å². The Balaban J connectivity index is 1.94. The van der Waals surface area contributed by atoms with Gasteiger partial charge in [-0.1, -0.05) is 15.9 Å². The van der Waals surface area contributed by atoms with Gasteiger partial charge in [-0.05, 0) is 49.7 Å². The largest absolute Gasteiger partial charge is 0.497 e. The van der Waals surface area contributed by atoms with Gasteiger partial charge in [0.2, 0.25) is 0 Å². The van der Waals surface area contributed by atoms with Crippen molar-refractivity contribution in [3.8, 4) is 5.75 Å². The third kappa shape index (κ3) is 4.12. The standard InChI is InChI=1S/C14H17BrF3NO/c1-20-13-7-10(6-12(15)8-13)9-19-4-2-11(3-5-19)14(16,17)18/h6-8,11H,2-5,9H2,1H3. The lowest BCUT2D eigenvalue weighted by Gasteiger charge is -2.32. The highest BCUT2D eigenvalue weighted by Gasteiger charge is 2.40. The van der Waals surface area contributed by atoms with Gasteiger partial charge >= 0.3 is 6.18 Å². The lowest BCUT2D eigenvalue weighted by atomic mass is 9.96. The molecule has 0 spiro atoms. The summed E-state index contributed by atoms with van der Waals surface area (Å²) < 4.78 is 43.9. The van der Waals surface area contributed by atoms with Crippen LogP contribution in [0, 0.1) is 5.92 Å². The van der Waals surface area contributed by atoms with Gasteiger partial charge in [0.05, 0.1) is 13.0 Å². The number of hydrogen-bond donors (Lipinski definition) is 0. The van der Waals surface area contributed by atoms with Gasteiger partial charge in [-0.25, -0.2) is 0 Å². The molecule has 1 fully saturated rings. The SMILES string of the molecule is COc1cc(Br)cc(CN2CCC(C(F)(F)F)CC2)c1. The predicted octanol–water partition coefficient (Wildman–Crippen LogP) is 4.23. The van der Waals surface area contributed by atoms with E-state index in [1.54, 1.807) is 7.11 Å². The Morgan fingerprint density at radius 2 is 1.90 bits per heavy atom. The molecule has 0 N–H and O–H groups in total. The summed E-state index contributed by atoms with van der Waals surface area (Å²) in [6.45, 7) is 1.62. The molecule has 1 aromatic rings. The molecule has 0 radical (unpaired) electrons. The van der Waals surface area contributed by atoms with Crippen molar-refractivity contribution in [2.45, 2.75) is 25.6 Å². The number of hydrogen-bond acceptors (Lipinski definition) is 2. The molecule has 1 aliphatic rings. The Labute approximate surface area is 125 Å². The summed E-state index contributed by atoms with van der Waals surface area (Å²) in [4.78, 5) is 2.06. The van der Waals surface area contributed by atoms with Crippen molar-refractivity contribution in [2.75, 3.05) is 20.2 Å². The molecule has 1 heterocycles. The summed E-state index contributed by atoms with van der Waals surface area (Å²) in [7, 11) is 1.60. The molecule has 1 aliphatic heterocycles. The average molecular weight is 352 g/mol.